The summed E-state index contributed by atoms with van der Waals surface area (Å²) in [5.74, 6) is 0. The molecule has 0 aromatic heterocycles. The molecule has 0 aliphatic heterocycles. The van der Waals surface area contributed by atoms with Crippen LogP contribution >= 0.6 is 0 Å². The van der Waals surface area contributed by atoms with Crippen molar-refractivity contribution in [3.8, 4) is 0 Å². The van der Waals surface area contributed by atoms with Crippen molar-refractivity contribution in [2.75, 3.05) is 6.54 Å². The van der Waals surface area contributed by atoms with Gasteiger partial charge in [0.05, 0.1) is 6.54 Å². The topological polar surface area (TPSA) is 29.4 Å². The van der Waals surface area contributed by atoms with Crippen LogP contribution in [0.1, 0.15) is 26.7 Å². The lowest BCUT2D eigenvalue weighted by Crippen LogP contribution is -2.10. The lowest BCUT2D eigenvalue weighted by Gasteiger charge is -2.20. The summed E-state index contributed by atoms with van der Waals surface area (Å²) in [6, 6.07) is 0. The van der Waals surface area contributed by atoms with E-state index in [0.717, 1.165) is 12.8 Å². The number of rotatable bonds is 5. The van der Waals surface area contributed by atoms with Crippen molar-refractivity contribution >= 4 is 0 Å². The predicted molar refractivity (Wildman–Crippen MR) is 43.9 cm³/mol. The van der Waals surface area contributed by atoms with Crippen molar-refractivity contribution in [2.24, 2.45) is 10.6 Å². The Morgan fingerprint density at radius 3 is 2.60 bits per heavy atom. The molecule has 0 radical (unpaired) electrons. The van der Waals surface area contributed by atoms with Crippen molar-refractivity contribution in [3.05, 3.63) is 17.6 Å². The van der Waals surface area contributed by atoms with Crippen LogP contribution in [-0.2, 0) is 0 Å². The minimum absolute atomic E-state index is 0.190. The third-order valence-corrected chi connectivity index (χ3v) is 1.58. The Morgan fingerprint density at radius 2 is 2.20 bits per heavy atom. The van der Waals surface area contributed by atoms with Crippen LogP contribution in [0.2, 0.25) is 0 Å². The van der Waals surface area contributed by atoms with Crippen LogP contribution in [0.15, 0.2) is 17.8 Å². The summed E-state index contributed by atoms with van der Waals surface area (Å²) >= 11 is 0. The third-order valence-electron chi connectivity index (χ3n) is 1.58. The zero-order chi connectivity index (χ0) is 8.04. The molecule has 0 fully saturated rings. The van der Waals surface area contributed by atoms with Gasteiger partial charge in [0.25, 0.3) is 0 Å². The standard InChI is InChI=1S/C8H15NO/c1-4-5-8(2,3)6-7-9-10/h4H,1,5-7H2,2-3H3. The lowest BCUT2D eigenvalue weighted by molar-refractivity contribution is 0.346. The predicted octanol–water partition coefficient (Wildman–Crippen LogP) is 2.75. The van der Waals surface area contributed by atoms with Gasteiger partial charge in [-0.05, 0) is 18.3 Å². The highest BCUT2D eigenvalue weighted by molar-refractivity contribution is 4.79. The molecule has 0 heterocycles. The quantitative estimate of drug-likeness (QED) is 0.427. The molecule has 0 bridgehead atoms. The molecule has 0 unspecified atom stereocenters. The van der Waals surface area contributed by atoms with Crippen molar-refractivity contribution in [1.29, 1.82) is 0 Å². The van der Waals surface area contributed by atoms with E-state index in [1.54, 1.807) is 0 Å². The second-order valence-electron chi connectivity index (χ2n) is 3.26. The first-order chi connectivity index (χ1) is 4.62. The van der Waals surface area contributed by atoms with Crippen molar-refractivity contribution in [2.45, 2.75) is 26.7 Å². The van der Waals surface area contributed by atoms with Gasteiger partial charge in [-0.3, -0.25) is 0 Å². The van der Waals surface area contributed by atoms with Gasteiger partial charge in [-0.15, -0.1) is 6.58 Å². The molecule has 10 heavy (non-hydrogen) atoms. The van der Waals surface area contributed by atoms with E-state index >= 15 is 0 Å². The summed E-state index contributed by atoms with van der Waals surface area (Å²) in [5, 5.41) is 2.82. The maximum absolute atomic E-state index is 9.78. The summed E-state index contributed by atoms with van der Waals surface area (Å²) in [4.78, 5) is 9.78. The van der Waals surface area contributed by atoms with Gasteiger partial charge in [0.1, 0.15) is 0 Å². The normalized spacial score (nSPS) is 11.0. The maximum atomic E-state index is 9.78. The van der Waals surface area contributed by atoms with Gasteiger partial charge in [0.15, 0.2) is 0 Å². The summed E-state index contributed by atoms with van der Waals surface area (Å²) in [7, 11) is 0. The highest BCUT2D eigenvalue weighted by atomic mass is 16.3. The van der Waals surface area contributed by atoms with E-state index in [1.165, 1.54) is 0 Å². The molecule has 0 aromatic rings. The summed E-state index contributed by atoms with van der Waals surface area (Å²) in [5.41, 5.74) is 0.190. The van der Waals surface area contributed by atoms with Gasteiger partial charge < -0.3 is 0 Å². The first kappa shape index (κ1) is 9.34. The van der Waals surface area contributed by atoms with Gasteiger partial charge in [0.2, 0.25) is 0 Å². The van der Waals surface area contributed by atoms with Crippen molar-refractivity contribution in [1.82, 2.24) is 0 Å². The van der Waals surface area contributed by atoms with Crippen LogP contribution in [0.3, 0.4) is 0 Å². The molecule has 0 atom stereocenters. The fourth-order valence-corrected chi connectivity index (χ4v) is 0.841. The molecule has 0 saturated carbocycles. The van der Waals surface area contributed by atoms with E-state index in [1.807, 2.05) is 6.08 Å². The Bertz CT molecular complexity index is 118. The van der Waals surface area contributed by atoms with Crippen LogP contribution in [0.5, 0.6) is 0 Å². The molecule has 0 amide bonds. The molecule has 0 spiro atoms. The zero-order valence-electron chi connectivity index (χ0n) is 6.76. The monoisotopic (exact) mass is 141 g/mol. The van der Waals surface area contributed by atoms with E-state index < -0.39 is 0 Å². The van der Waals surface area contributed by atoms with E-state index in [0.29, 0.717) is 6.54 Å². The van der Waals surface area contributed by atoms with Crippen LogP contribution in [-0.4, -0.2) is 6.54 Å². The highest BCUT2D eigenvalue weighted by Gasteiger charge is 2.14. The van der Waals surface area contributed by atoms with Crippen LogP contribution < -0.4 is 0 Å². The lowest BCUT2D eigenvalue weighted by atomic mass is 9.86. The molecule has 0 rings (SSSR count). The molecule has 58 valence electrons. The second-order valence-corrected chi connectivity index (χ2v) is 3.26. The molecule has 0 aliphatic rings. The Labute approximate surface area is 62.3 Å². The van der Waals surface area contributed by atoms with Gasteiger partial charge in [-0.25, -0.2) is 0 Å². The number of hydrogen-bond acceptors (Lipinski definition) is 2. The zero-order valence-corrected chi connectivity index (χ0v) is 6.76. The van der Waals surface area contributed by atoms with E-state index in [9.17, 15) is 4.91 Å². The molecular formula is C8H15NO. The highest BCUT2D eigenvalue weighted by Crippen LogP contribution is 2.24. The fraction of sp³-hybridized carbons (Fsp3) is 0.750. The minimum atomic E-state index is 0.190. The summed E-state index contributed by atoms with van der Waals surface area (Å²) < 4.78 is 0. The first-order valence-corrected chi connectivity index (χ1v) is 3.52. The maximum Gasteiger partial charge on any atom is 0.0816 e. The van der Waals surface area contributed by atoms with E-state index in [4.69, 9.17) is 0 Å². The van der Waals surface area contributed by atoms with Gasteiger partial charge in [0, 0.05) is 0 Å². The van der Waals surface area contributed by atoms with Gasteiger partial charge in [-0.1, -0.05) is 25.1 Å². The Morgan fingerprint density at radius 1 is 1.60 bits per heavy atom. The average Bonchev–Trinajstić information content (AvgIpc) is 1.84. The van der Waals surface area contributed by atoms with Crippen LogP contribution in [0, 0.1) is 10.3 Å². The average molecular weight is 141 g/mol. The number of hydrogen-bond donors (Lipinski definition) is 0. The molecule has 0 N–H and O–H groups in total. The Hall–Kier alpha value is -0.660. The molecule has 0 saturated heterocycles. The van der Waals surface area contributed by atoms with E-state index in [2.05, 4.69) is 25.6 Å². The molecular weight excluding hydrogens is 126 g/mol. The number of nitroso groups, excluding NO2 is 1. The van der Waals surface area contributed by atoms with Crippen molar-refractivity contribution < 1.29 is 0 Å². The number of nitrogens with zero attached hydrogens (tertiary/aromatic N) is 1. The fourth-order valence-electron chi connectivity index (χ4n) is 0.841. The van der Waals surface area contributed by atoms with Crippen molar-refractivity contribution in [3.63, 3.8) is 0 Å². The SMILES string of the molecule is C=CCC(C)(C)CCN=O. The smallest absolute Gasteiger partial charge is 0.0816 e. The summed E-state index contributed by atoms with van der Waals surface area (Å²) in [6.45, 7) is 8.28. The Kier molecular flexibility index (Phi) is 3.93. The first-order valence-electron chi connectivity index (χ1n) is 3.52. The van der Waals surface area contributed by atoms with Gasteiger partial charge >= 0.3 is 0 Å². The molecule has 2 heteroatoms. The van der Waals surface area contributed by atoms with Crippen LogP contribution in [0.4, 0.5) is 0 Å². The second kappa shape index (κ2) is 4.20. The van der Waals surface area contributed by atoms with E-state index in [-0.39, 0.29) is 5.41 Å². The largest absolute Gasteiger partial charge is 0.151 e. The van der Waals surface area contributed by atoms with Crippen LogP contribution in [0.25, 0.3) is 0 Å². The molecule has 0 aliphatic carbocycles. The molecule has 2 nitrogen and oxygen atoms in total. The number of allylic oxidation sites excluding steroid dienone is 1. The minimum Gasteiger partial charge on any atom is -0.151 e. The molecule has 0 aromatic carbocycles. The Balaban J connectivity index is 3.61. The third kappa shape index (κ3) is 4.24. The summed E-state index contributed by atoms with van der Waals surface area (Å²) in [6.07, 6.45) is 3.68. The van der Waals surface area contributed by atoms with Gasteiger partial charge in [-0.2, -0.15) is 4.91 Å².